The van der Waals surface area contributed by atoms with E-state index in [9.17, 15) is 0 Å². The molecule has 0 unspecified atom stereocenters. The van der Waals surface area contributed by atoms with Crippen LogP contribution < -0.4 is 0 Å². The third-order valence-electron chi connectivity index (χ3n) is 4.42. The monoisotopic (exact) mass is 372 g/mol. The van der Waals surface area contributed by atoms with Crippen LogP contribution in [0.1, 0.15) is 0 Å². The van der Waals surface area contributed by atoms with Crippen LogP contribution in [0.5, 0.6) is 0 Å². The zero-order valence-electron chi connectivity index (χ0n) is 12.8. The Hall–Kier alpha value is -2.65. The average molecular weight is 373 g/mol. The van der Waals surface area contributed by atoms with Gasteiger partial charge in [0.1, 0.15) is 5.65 Å². The number of nitrogens with zero attached hydrogens (tertiary/aromatic N) is 2. The van der Waals surface area contributed by atoms with E-state index < -0.39 is 0 Å². The Morgan fingerprint density at radius 1 is 0.750 bits per heavy atom. The Balaban J connectivity index is 2.01. The molecule has 3 aromatic carbocycles. The lowest BCUT2D eigenvalue weighted by Gasteiger charge is -2.07. The molecule has 0 radical (unpaired) electrons. The molecule has 2 heterocycles. The summed E-state index contributed by atoms with van der Waals surface area (Å²) in [5.41, 5.74) is 4.32. The van der Waals surface area contributed by atoms with Crippen LogP contribution in [0.25, 0.3) is 38.5 Å². The Labute approximate surface area is 147 Å². The standard InChI is InChI=1S/C21H13BrN2/c22-15-10-11-19-14(12-15)13-18-17-8-4-5-9-20(17)24(21(18)23-19)16-6-2-1-3-7-16/h1-13H. The van der Waals surface area contributed by atoms with Gasteiger partial charge in [0.2, 0.25) is 0 Å². The number of benzene rings is 3. The van der Waals surface area contributed by atoms with Crippen LogP contribution in [0.3, 0.4) is 0 Å². The summed E-state index contributed by atoms with van der Waals surface area (Å²) in [5.74, 6) is 0. The van der Waals surface area contributed by atoms with Crippen molar-refractivity contribution in [3.05, 3.63) is 83.3 Å². The number of aromatic nitrogens is 2. The summed E-state index contributed by atoms with van der Waals surface area (Å²) in [4.78, 5) is 4.97. The molecule has 2 aromatic heterocycles. The molecule has 114 valence electrons. The van der Waals surface area contributed by atoms with Crippen LogP contribution >= 0.6 is 15.9 Å². The van der Waals surface area contributed by atoms with Gasteiger partial charge in [-0.2, -0.15) is 0 Å². The number of fused-ring (bicyclic) bond motifs is 4. The van der Waals surface area contributed by atoms with E-state index in [1.54, 1.807) is 0 Å². The Morgan fingerprint density at radius 3 is 2.42 bits per heavy atom. The van der Waals surface area contributed by atoms with E-state index in [-0.39, 0.29) is 0 Å². The SMILES string of the molecule is Brc1ccc2nc3c(cc2c1)c1ccccc1n3-c1ccccc1. The molecule has 5 aromatic rings. The second-order valence-electron chi connectivity index (χ2n) is 5.88. The van der Waals surface area contributed by atoms with E-state index in [2.05, 4.69) is 87.2 Å². The Kier molecular flexibility index (Phi) is 2.97. The van der Waals surface area contributed by atoms with Crippen molar-refractivity contribution in [3.8, 4) is 5.69 Å². The van der Waals surface area contributed by atoms with Gasteiger partial charge in [-0.3, -0.25) is 4.57 Å². The molecule has 0 atom stereocenters. The molecule has 0 aliphatic carbocycles. The maximum absolute atomic E-state index is 4.97. The summed E-state index contributed by atoms with van der Waals surface area (Å²) in [6, 6.07) is 27.4. The molecular formula is C21H13BrN2. The van der Waals surface area contributed by atoms with Crippen molar-refractivity contribution in [1.82, 2.24) is 9.55 Å². The highest BCUT2D eigenvalue weighted by atomic mass is 79.9. The molecule has 0 N–H and O–H groups in total. The van der Waals surface area contributed by atoms with Crippen LogP contribution in [-0.2, 0) is 0 Å². The number of para-hydroxylation sites is 2. The molecule has 2 nitrogen and oxygen atoms in total. The highest BCUT2D eigenvalue weighted by molar-refractivity contribution is 9.10. The minimum absolute atomic E-state index is 0.997. The second kappa shape index (κ2) is 5.18. The van der Waals surface area contributed by atoms with Crippen LogP contribution in [0.2, 0.25) is 0 Å². The van der Waals surface area contributed by atoms with E-state index in [0.29, 0.717) is 0 Å². The first-order valence-electron chi connectivity index (χ1n) is 7.86. The fraction of sp³-hybridized carbons (Fsp3) is 0. The molecule has 3 heteroatoms. The summed E-state index contributed by atoms with van der Waals surface area (Å²) in [5, 5.41) is 3.55. The molecular weight excluding hydrogens is 360 g/mol. The fourth-order valence-electron chi connectivity index (χ4n) is 3.35. The van der Waals surface area contributed by atoms with E-state index in [1.807, 2.05) is 12.1 Å². The normalized spacial score (nSPS) is 11.5. The predicted octanol–water partition coefficient (Wildman–Crippen LogP) is 6.09. The maximum atomic E-state index is 4.97. The van der Waals surface area contributed by atoms with Gasteiger partial charge in [-0.15, -0.1) is 0 Å². The van der Waals surface area contributed by atoms with Gasteiger partial charge in [-0.1, -0.05) is 52.3 Å². The molecule has 0 spiro atoms. The van der Waals surface area contributed by atoms with Crippen LogP contribution in [0.15, 0.2) is 83.3 Å². The van der Waals surface area contributed by atoms with Crippen molar-refractivity contribution in [2.45, 2.75) is 0 Å². The van der Waals surface area contributed by atoms with Gasteiger partial charge in [-0.25, -0.2) is 4.98 Å². The number of pyridine rings is 1. The van der Waals surface area contributed by atoms with Crippen LogP contribution in [0.4, 0.5) is 0 Å². The largest absolute Gasteiger partial charge is 0.294 e. The smallest absolute Gasteiger partial charge is 0.146 e. The van der Waals surface area contributed by atoms with Gasteiger partial charge < -0.3 is 0 Å². The van der Waals surface area contributed by atoms with E-state index in [0.717, 1.165) is 26.7 Å². The summed E-state index contributed by atoms with van der Waals surface area (Å²) in [7, 11) is 0. The zero-order chi connectivity index (χ0) is 16.1. The highest BCUT2D eigenvalue weighted by Crippen LogP contribution is 2.33. The van der Waals surface area contributed by atoms with Gasteiger partial charge in [0.15, 0.2) is 0 Å². The summed E-state index contributed by atoms with van der Waals surface area (Å²) in [6.07, 6.45) is 0. The first kappa shape index (κ1) is 13.8. The predicted molar refractivity (Wildman–Crippen MR) is 104 cm³/mol. The lowest BCUT2D eigenvalue weighted by molar-refractivity contribution is 1.15. The highest BCUT2D eigenvalue weighted by Gasteiger charge is 2.14. The van der Waals surface area contributed by atoms with Gasteiger partial charge in [0.25, 0.3) is 0 Å². The minimum atomic E-state index is 0.997. The molecule has 0 aliphatic rings. The molecule has 0 fully saturated rings. The number of hydrogen-bond donors (Lipinski definition) is 0. The van der Waals surface area contributed by atoms with Crippen molar-refractivity contribution in [2.24, 2.45) is 0 Å². The van der Waals surface area contributed by atoms with Crippen molar-refractivity contribution >= 4 is 48.8 Å². The summed E-state index contributed by atoms with van der Waals surface area (Å²) < 4.78 is 3.31. The minimum Gasteiger partial charge on any atom is -0.294 e. The number of rotatable bonds is 1. The molecule has 24 heavy (non-hydrogen) atoms. The molecule has 0 saturated heterocycles. The average Bonchev–Trinajstić information content (AvgIpc) is 2.94. The lowest BCUT2D eigenvalue weighted by atomic mass is 10.1. The van der Waals surface area contributed by atoms with E-state index >= 15 is 0 Å². The molecule has 0 saturated carbocycles. The fourth-order valence-corrected chi connectivity index (χ4v) is 3.73. The molecule has 5 rings (SSSR count). The molecule has 0 aliphatic heterocycles. The molecule has 0 amide bonds. The number of hydrogen-bond acceptors (Lipinski definition) is 1. The zero-order valence-corrected chi connectivity index (χ0v) is 14.4. The second-order valence-corrected chi connectivity index (χ2v) is 6.80. The van der Waals surface area contributed by atoms with Crippen molar-refractivity contribution in [1.29, 1.82) is 0 Å². The third-order valence-corrected chi connectivity index (χ3v) is 4.91. The first-order chi connectivity index (χ1) is 11.8. The van der Waals surface area contributed by atoms with Gasteiger partial charge in [-0.05, 0) is 42.5 Å². The van der Waals surface area contributed by atoms with E-state index in [4.69, 9.17) is 4.98 Å². The van der Waals surface area contributed by atoms with Crippen LogP contribution in [0, 0.1) is 0 Å². The van der Waals surface area contributed by atoms with Gasteiger partial charge in [0, 0.05) is 26.3 Å². The number of halogens is 1. The Morgan fingerprint density at radius 2 is 1.54 bits per heavy atom. The first-order valence-corrected chi connectivity index (χ1v) is 8.65. The van der Waals surface area contributed by atoms with Gasteiger partial charge in [0.05, 0.1) is 11.0 Å². The van der Waals surface area contributed by atoms with Crippen molar-refractivity contribution < 1.29 is 0 Å². The van der Waals surface area contributed by atoms with Crippen LogP contribution in [-0.4, -0.2) is 9.55 Å². The third kappa shape index (κ3) is 1.98. The topological polar surface area (TPSA) is 17.8 Å². The Bertz CT molecular complexity index is 1210. The maximum Gasteiger partial charge on any atom is 0.146 e. The van der Waals surface area contributed by atoms with Crippen molar-refractivity contribution in [2.75, 3.05) is 0 Å². The molecule has 0 bridgehead atoms. The van der Waals surface area contributed by atoms with E-state index in [1.165, 1.54) is 16.3 Å². The summed E-state index contributed by atoms with van der Waals surface area (Å²) in [6.45, 7) is 0. The van der Waals surface area contributed by atoms with Gasteiger partial charge >= 0.3 is 0 Å². The van der Waals surface area contributed by atoms with Crippen molar-refractivity contribution in [3.63, 3.8) is 0 Å². The quantitative estimate of drug-likeness (QED) is 0.347. The summed E-state index contributed by atoms with van der Waals surface area (Å²) >= 11 is 3.56. The lowest BCUT2D eigenvalue weighted by Crippen LogP contribution is -1.95.